The second-order valence-corrected chi connectivity index (χ2v) is 4.84. The first kappa shape index (κ1) is 13.3. The molecule has 0 spiro atoms. The molecule has 0 aliphatic rings. The van der Waals surface area contributed by atoms with Crippen molar-refractivity contribution >= 4 is 5.69 Å². The van der Waals surface area contributed by atoms with E-state index in [9.17, 15) is 0 Å². The molecule has 0 unspecified atom stereocenters. The predicted octanol–water partition coefficient (Wildman–Crippen LogP) is 4.10. The van der Waals surface area contributed by atoms with Gasteiger partial charge in [0.1, 0.15) is 5.75 Å². The predicted molar refractivity (Wildman–Crippen MR) is 86.1 cm³/mol. The van der Waals surface area contributed by atoms with Gasteiger partial charge in [0.15, 0.2) is 0 Å². The van der Waals surface area contributed by atoms with Gasteiger partial charge in [0.05, 0.1) is 7.11 Å². The molecule has 0 amide bonds. The summed E-state index contributed by atoms with van der Waals surface area (Å²) >= 11 is 0. The normalized spacial score (nSPS) is 10.3. The Morgan fingerprint density at radius 2 is 1.71 bits per heavy atom. The van der Waals surface area contributed by atoms with Crippen LogP contribution in [0.1, 0.15) is 5.56 Å². The van der Waals surface area contributed by atoms with Crippen molar-refractivity contribution in [3.05, 3.63) is 78.6 Å². The third kappa shape index (κ3) is 3.26. The van der Waals surface area contributed by atoms with Crippen LogP contribution in [0.2, 0.25) is 0 Å². The molecule has 3 heteroatoms. The maximum atomic E-state index is 5.17. The Labute approximate surface area is 124 Å². The lowest BCUT2D eigenvalue weighted by Gasteiger charge is -2.10. The van der Waals surface area contributed by atoms with Gasteiger partial charge in [0.25, 0.3) is 0 Å². The van der Waals surface area contributed by atoms with Crippen LogP contribution in [0.4, 0.5) is 5.69 Å². The Morgan fingerprint density at radius 1 is 0.952 bits per heavy atom. The number of ether oxygens (including phenoxy) is 1. The molecule has 3 nitrogen and oxygen atoms in total. The van der Waals surface area contributed by atoms with Gasteiger partial charge in [-0.25, -0.2) is 0 Å². The number of hydrogen-bond acceptors (Lipinski definition) is 2. The summed E-state index contributed by atoms with van der Waals surface area (Å²) in [5.41, 5.74) is 3.49. The van der Waals surface area contributed by atoms with Gasteiger partial charge in [0, 0.05) is 30.3 Å². The first-order chi connectivity index (χ1) is 10.3. The highest BCUT2D eigenvalue weighted by Crippen LogP contribution is 2.17. The lowest BCUT2D eigenvalue weighted by atomic mass is 10.2. The van der Waals surface area contributed by atoms with E-state index in [1.807, 2.05) is 36.7 Å². The zero-order chi connectivity index (χ0) is 14.5. The molecule has 0 radical (unpaired) electrons. The molecule has 0 saturated heterocycles. The fraction of sp³-hybridized carbons (Fsp3) is 0.111. The maximum absolute atomic E-state index is 5.17. The van der Waals surface area contributed by atoms with E-state index in [1.54, 1.807) is 7.11 Å². The van der Waals surface area contributed by atoms with Gasteiger partial charge in [-0.15, -0.1) is 0 Å². The maximum Gasteiger partial charge on any atom is 0.118 e. The fourth-order valence-electron chi connectivity index (χ4n) is 2.23. The molecule has 3 rings (SSSR count). The molecule has 1 aromatic heterocycles. The third-order valence-electron chi connectivity index (χ3n) is 3.40. The summed E-state index contributed by atoms with van der Waals surface area (Å²) in [6.07, 6.45) is 4.09. The Morgan fingerprint density at radius 3 is 2.43 bits per heavy atom. The van der Waals surface area contributed by atoms with E-state index in [4.69, 9.17) is 4.74 Å². The Kier molecular flexibility index (Phi) is 3.92. The SMILES string of the molecule is COc1ccc(CNc2cccc(-n3cccc3)c2)cc1. The molecule has 0 fully saturated rings. The minimum absolute atomic E-state index is 0.791. The van der Waals surface area contributed by atoms with E-state index in [0.29, 0.717) is 0 Å². The largest absolute Gasteiger partial charge is 0.497 e. The van der Waals surface area contributed by atoms with Crippen LogP contribution >= 0.6 is 0 Å². The van der Waals surface area contributed by atoms with Crippen LogP contribution in [0.25, 0.3) is 5.69 Å². The number of rotatable bonds is 5. The van der Waals surface area contributed by atoms with Gasteiger partial charge in [-0.3, -0.25) is 0 Å². The number of benzene rings is 2. The van der Waals surface area contributed by atoms with Crippen molar-refractivity contribution < 1.29 is 4.74 Å². The zero-order valence-electron chi connectivity index (χ0n) is 12.0. The van der Waals surface area contributed by atoms with Crippen molar-refractivity contribution in [1.82, 2.24) is 4.57 Å². The molecule has 0 aliphatic heterocycles. The summed E-state index contributed by atoms with van der Waals surface area (Å²) in [5, 5.41) is 3.45. The minimum Gasteiger partial charge on any atom is -0.497 e. The Hall–Kier alpha value is -2.68. The highest BCUT2D eigenvalue weighted by atomic mass is 16.5. The molecule has 0 bridgehead atoms. The van der Waals surface area contributed by atoms with E-state index in [-0.39, 0.29) is 0 Å². The zero-order valence-corrected chi connectivity index (χ0v) is 12.0. The molecular weight excluding hydrogens is 260 g/mol. The van der Waals surface area contributed by atoms with Crippen molar-refractivity contribution in [2.75, 3.05) is 12.4 Å². The Balaban J connectivity index is 1.68. The van der Waals surface area contributed by atoms with Crippen molar-refractivity contribution in [3.63, 3.8) is 0 Å². The van der Waals surface area contributed by atoms with E-state index in [1.165, 1.54) is 5.56 Å². The monoisotopic (exact) mass is 278 g/mol. The van der Waals surface area contributed by atoms with Gasteiger partial charge in [-0.05, 0) is 48.0 Å². The quantitative estimate of drug-likeness (QED) is 0.760. The smallest absolute Gasteiger partial charge is 0.118 e. The molecule has 106 valence electrons. The van der Waals surface area contributed by atoms with Gasteiger partial charge >= 0.3 is 0 Å². The van der Waals surface area contributed by atoms with Gasteiger partial charge in [-0.2, -0.15) is 0 Å². The molecule has 3 aromatic rings. The van der Waals surface area contributed by atoms with Gasteiger partial charge in [-0.1, -0.05) is 18.2 Å². The summed E-state index contributed by atoms with van der Waals surface area (Å²) in [7, 11) is 1.68. The molecule has 0 aliphatic carbocycles. The van der Waals surface area contributed by atoms with Crippen LogP contribution in [0.15, 0.2) is 73.1 Å². The highest BCUT2D eigenvalue weighted by Gasteiger charge is 1.98. The van der Waals surface area contributed by atoms with E-state index >= 15 is 0 Å². The van der Waals surface area contributed by atoms with Crippen LogP contribution < -0.4 is 10.1 Å². The second-order valence-electron chi connectivity index (χ2n) is 4.84. The number of methoxy groups -OCH3 is 1. The molecule has 1 N–H and O–H groups in total. The fourth-order valence-corrected chi connectivity index (χ4v) is 2.23. The minimum atomic E-state index is 0.791. The van der Waals surface area contributed by atoms with Gasteiger partial charge < -0.3 is 14.6 Å². The summed E-state index contributed by atoms with van der Waals surface area (Å²) in [4.78, 5) is 0. The number of aromatic nitrogens is 1. The average molecular weight is 278 g/mol. The van der Waals surface area contributed by atoms with E-state index < -0.39 is 0 Å². The van der Waals surface area contributed by atoms with Crippen LogP contribution in [0.5, 0.6) is 5.75 Å². The third-order valence-corrected chi connectivity index (χ3v) is 3.40. The van der Waals surface area contributed by atoms with Crippen molar-refractivity contribution in [2.45, 2.75) is 6.54 Å². The van der Waals surface area contributed by atoms with Crippen molar-refractivity contribution in [3.8, 4) is 11.4 Å². The number of hydrogen-bond donors (Lipinski definition) is 1. The van der Waals surface area contributed by atoms with Crippen LogP contribution in [-0.4, -0.2) is 11.7 Å². The molecule has 0 atom stereocenters. The van der Waals surface area contributed by atoms with Crippen LogP contribution in [0, 0.1) is 0 Å². The molecular formula is C18H18N2O. The standard InChI is InChI=1S/C18H18N2O/c1-21-18-9-7-15(8-10-18)14-19-16-5-4-6-17(13-16)20-11-2-3-12-20/h2-13,19H,14H2,1H3. The number of anilines is 1. The van der Waals surface area contributed by atoms with E-state index in [2.05, 4.69) is 46.3 Å². The first-order valence-electron chi connectivity index (χ1n) is 6.95. The summed E-state index contributed by atoms with van der Waals surface area (Å²) in [6.45, 7) is 0.791. The summed E-state index contributed by atoms with van der Waals surface area (Å²) in [5.74, 6) is 0.883. The van der Waals surface area contributed by atoms with E-state index in [0.717, 1.165) is 23.7 Å². The molecule has 0 saturated carbocycles. The summed E-state index contributed by atoms with van der Waals surface area (Å²) < 4.78 is 7.26. The molecule has 2 aromatic carbocycles. The van der Waals surface area contributed by atoms with Crippen LogP contribution in [-0.2, 0) is 6.54 Å². The Bertz CT molecular complexity index is 688. The first-order valence-corrected chi connectivity index (χ1v) is 6.95. The highest BCUT2D eigenvalue weighted by molar-refractivity contribution is 5.51. The number of nitrogens with one attached hydrogen (secondary N) is 1. The topological polar surface area (TPSA) is 26.2 Å². The molecule has 1 heterocycles. The van der Waals surface area contributed by atoms with Gasteiger partial charge in [0.2, 0.25) is 0 Å². The lowest BCUT2D eigenvalue weighted by molar-refractivity contribution is 0.414. The summed E-state index contributed by atoms with van der Waals surface area (Å²) in [6, 6.07) is 20.5. The van der Waals surface area contributed by atoms with Crippen molar-refractivity contribution in [2.24, 2.45) is 0 Å². The molecule has 21 heavy (non-hydrogen) atoms. The second kappa shape index (κ2) is 6.18. The number of nitrogens with zero attached hydrogens (tertiary/aromatic N) is 1. The average Bonchev–Trinajstić information content (AvgIpc) is 3.08. The van der Waals surface area contributed by atoms with Crippen LogP contribution in [0.3, 0.4) is 0 Å². The lowest BCUT2D eigenvalue weighted by Crippen LogP contribution is -2.00. The van der Waals surface area contributed by atoms with Crippen molar-refractivity contribution in [1.29, 1.82) is 0 Å².